The second kappa shape index (κ2) is 4.89. The fourth-order valence-corrected chi connectivity index (χ4v) is 1.57. The standard InChI is InChI=1S/C7H3ClN2O6S/c8-6-4(9-17(15)16)1-3(7(11)12)2-5(6)10(13)14/h1-2H,(H,11,12). The molecule has 1 aromatic carbocycles. The summed E-state index contributed by atoms with van der Waals surface area (Å²) in [7, 11) is -2.89. The van der Waals surface area contributed by atoms with Crippen LogP contribution in [0.2, 0.25) is 5.02 Å². The highest BCUT2D eigenvalue weighted by Gasteiger charge is 2.20. The molecule has 10 heteroatoms. The molecule has 90 valence electrons. The lowest BCUT2D eigenvalue weighted by atomic mass is 10.2. The van der Waals surface area contributed by atoms with Gasteiger partial charge in [-0.1, -0.05) is 11.6 Å². The van der Waals surface area contributed by atoms with Gasteiger partial charge in [0, 0.05) is 6.07 Å². The Morgan fingerprint density at radius 3 is 2.47 bits per heavy atom. The maximum absolute atomic E-state index is 10.7. The van der Waals surface area contributed by atoms with Crippen LogP contribution >= 0.6 is 11.6 Å². The molecule has 0 aromatic heterocycles. The number of benzene rings is 1. The summed E-state index contributed by atoms with van der Waals surface area (Å²) in [6.45, 7) is 0. The van der Waals surface area contributed by atoms with Gasteiger partial charge >= 0.3 is 16.5 Å². The number of nitro benzene ring substituents is 1. The lowest BCUT2D eigenvalue weighted by Crippen LogP contribution is -1.98. The van der Waals surface area contributed by atoms with E-state index in [4.69, 9.17) is 16.7 Å². The summed E-state index contributed by atoms with van der Waals surface area (Å²) in [5.41, 5.74) is -1.70. The topological polar surface area (TPSA) is 127 Å². The quantitative estimate of drug-likeness (QED) is 0.661. The Hall–Kier alpha value is -2.00. The molecule has 0 heterocycles. The molecular weight excluding hydrogens is 276 g/mol. The van der Waals surface area contributed by atoms with Crippen LogP contribution in [0.25, 0.3) is 0 Å². The smallest absolute Gasteiger partial charge is 0.336 e. The van der Waals surface area contributed by atoms with Crippen molar-refractivity contribution in [3.05, 3.63) is 32.8 Å². The van der Waals surface area contributed by atoms with Gasteiger partial charge in [0.05, 0.1) is 10.5 Å². The highest BCUT2D eigenvalue weighted by Crippen LogP contribution is 2.35. The van der Waals surface area contributed by atoms with Crippen molar-refractivity contribution in [3.63, 3.8) is 0 Å². The molecule has 1 aromatic rings. The van der Waals surface area contributed by atoms with E-state index in [0.29, 0.717) is 0 Å². The Morgan fingerprint density at radius 1 is 1.47 bits per heavy atom. The van der Waals surface area contributed by atoms with E-state index < -0.39 is 43.4 Å². The number of aromatic carboxylic acids is 1. The number of rotatable bonds is 3. The number of hydrogen-bond donors (Lipinski definition) is 1. The predicted octanol–water partition coefficient (Wildman–Crippen LogP) is 1.64. The Morgan fingerprint density at radius 2 is 2.06 bits per heavy atom. The van der Waals surface area contributed by atoms with Crippen LogP contribution in [-0.2, 0) is 10.5 Å². The summed E-state index contributed by atoms with van der Waals surface area (Å²) in [5.74, 6) is -1.46. The lowest BCUT2D eigenvalue weighted by molar-refractivity contribution is -0.384. The van der Waals surface area contributed by atoms with Crippen LogP contribution in [0, 0.1) is 10.1 Å². The van der Waals surface area contributed by atoms with E-state index in [1.165, 1.54) is 0 Å². The third kappa shape index (κ3) is 2.98. The molecule has 0 saturated carbocycles. The third-order valence-electron chi connectivity index (χ3n) is 1.65. The average Bonchev–Trinajstić information content (AvgIpc) is 2.19. The minimum Gasteiger partial charge on any atom is -0.478 e. The molecule has 0 aliphatic heterocycles. The maximum Gasteiger partial charge on any atom is 0.336 e. The Balaban J connectivity index is 3.65. The Kier molecular flexibility index (Phi) is 3.76. The zero-order valence-electron chi connectivity index (χ0n) is 7.82. The molecule has 1 rings (SSSR count). The number of carboxylic acids is 1. The van der Waals surface area contributed by atoms with Crippen molar-refractivity contribution in [1.82, 2.24) is 0 Å². The molecule has 0 radical (unpaired) electrons. The minimum atomic E-state index is -2.89. The van der Waals surface area contributed by atoms with Crippen molar-refractivity contribution >= 4 is 39.4 Å². The van der Waals surface area contributed by atoms with Crippen LogP contribution in [-0.4, -0.2) is 24.4 Å². The Labute approximate surface area is 100 Å². The van der Waals surface area contributed by atoms with Gasteiger partial charge in [-0.3, -0.25) is 10.1 Å². The van der Waals surface area contributed by atoms with Gasteiger partial charge in [0.25, 0.3) is 5.69 Å². The van der Waals surface area contributed by atoms with E-state index in [1.54, 1.807) is 0 Å². The highest BCUT2D eigenvalue weighted by atomic mass is 35.5. The first-order valence-electron chi connectivity index (χ1n) is 3.85. The number of carbonyl (C=O) groups is 1. The summed E-state index contributed by atoms with van der Waals surface area (Å²) in [6.07, 6.45) is 0. The fraction of sp³-hybridized carbons (Fsp3) is 0. The molecule has 0 fully saturated rings. The summed E-state index contributed by atoms with van der Waals surface area (Å²) >= 11 is 5.52. The van der Waals surface area contributed by atoms with Crippen LogP contribution in [0.15, 0.2) is 16.5 Å². The molecular formula is C7H3ClN2O6S. The van der Waals surface area contributed by atoms with E-state index >= 15 is 0 Å². The number of nitrogens with zero attached hydrogens (tertiary/aromatic N) is 2. The van der Waals surface area contributed by atoms with E-state index in [2.05, 4.69) is 4.36 Å². The predicted molar refractivity (Wildman–Crippen MR) is 56.1 cm³/mol. The van der Waals surface area contributed by atoms with Gasteiger partial charge in [-0.2, -0.15) is 8.42 Å². The van der Waals surface area contributed by atoms with Crippen molar-refractivity contribution < 1.29 is 23.2 Å². The van der Waals surface area contributed by atoms with Crippen molar-refractivity contribution in [3.8, 4) is 0 Å². The first-order chi connectivity index (χ1) is 7.82. The summed E-state index contributed by atoms with van der Waals surface area (Å²) in [4.78, 5) is 20.3. The van der Waals surface area contributed by atoms with Crippen LogP contribution in [0.3, 0.4) is 0 Å². The van der Waals surface area contributed by atoms with E-state index in [9.17, 15) is 23.3 Å². The molecule has 0 spiro atoms. The molecule has 0 saturated heterocycles. The number of carboxylic acid groups (broad SMARTS) is 1. The van der Waals surface area contributed by atoms with Crippen LogP contribution < -0.4 is 0 Å². The van der Waals surface area contributed by atoms with Crippen molar-refractivity contribution in [2.24, 2.45) is 4.36 Å². The number of nitro groups is 1. The zero-order valence-corrected chi connectivity index (χ0v) is 9.40. The normalized spacial score (nSPS) is 9.71. The van der Waals surface area contributed by atoms with E-state index in [-0.39, 0.29) is 0 Å². The number of halogens is 1. The first kappa shape index (κ1) is 13.1. The van der Waals surface area contributed by atoms with Crippen molar-refractivity contribution in [2.75, 3.05) is 0 Å². The van der Waals surface area contributed by atoms with Gasteiger partial charge in [0.15, 0.2) is 0 Å². The molecule has 0 amide bonds. The Bertz CT molecular complexity index is 630. The molecule has 0 bridgehead atoms. The average molecular weight is 279 g/mol. The van der Waals surface area contributed by atoms with Crippen molar-refractivity contribution in [1.29, 1.82) is 0 Å². The monoisotopic (exact) mass is 278 g/mol. The highest BCUT2D eigenvalue weighted by molar-refractivity contribution is 7.61. The third-order valence-corrected chi connectivity index (χ3v) is 2.38. The van der Waals surface area contributed by atoms with Gasteiger partial charge < -0.3 is 5.11 Å². The molecule has 0 aliphatic carbocycles. The van der Waals surface area contributed by atoms with Gasteiger partial charge in [0.1, 0.15) is 10.7 Å². The summed E-state index contributed by atoms with van der Waals surface area (Å²) in [5, 5.41) is 18.7. The second-order valence-electron chi connectivity index (χ2n) is 2.70. The van der Waals surface area contributed by atoms with Crippen LogP contribution in [0.5, 0.6) is 0 Å². The largest absolute Gasteiger partial charge is 0.478 e. The zero-order chi connectivity index (χ0) is 13.2. The summed E-state index contributed by atoms with van der Waals surface area (Å²) in [6, 6.07) is 1.55. The van der Waals surface area contributed by atoms with Gasteiger partial charge in [-0.25, -0.2) is 4.79 Å². The molecule has 0 atom stereocenters. The van der Waals surface area contributed by atoms with Gasteiger partial charge in [-0.15, -0.1) is 4.36 Å². The second-order valence-corrected chi connectivity index (χ2v) is 3.69. The first-order valence-corrected chi connectivity index (χ1v) is 5.26. The van der Waals surface area contributed by atoms with Crippen LogP contribution in [0.4, 0.5) is 11.4 Å². The van der Waals surface area contributed by atoms with Gasteiger partial charge in [-0.05, 0) is 6.07 Å². The fourth-order valence-electron chi connectivity index (χ4n) is 0.997. The summed E-state index contributed by atoms with van der Waals surface area (Å²) < 4.78 is 23.6. The van der Waals surface area contributed by atoms with Crippen LogP contribution in [0.1, 0.15) is 10.4 Å². The van der Waals surface area contributed by atoms with E-state index in [1.807, 2.05) is 0 Å². The lowest BCUT2D eigenvalue weighted by Gasteiger charge is -2.00. The van der Waals surface area contributed by atoms with Crippen molar-refractivity contribution in [2.45, 2.75) is 0 Å². The van der Waals surface area contributed by atoms with E-state index in [0.717, 1.165) is 12.1 Å². The molecule has 17 heavy (non-hydrogen) atoms. The molecule has 1 N–H and O–H groups in total. The maximum atomic E-state index is 10.7. The number of hydrogen-bond acceptors (Lipinski definition) is 6. The minimum absolute atomic E-state index is 0.481. The molecule has 8 nitrogen and oxygen atoms in total. The van der Waals surface area contributed by atoms with Gasteiger partial charge in [0.2, 0.25) is 0 Å². The molecule has 0 unspecified atom stereocenters. The SMILES string of the molecule is O=C(O)c1cc(N=S(=O)=O)c(Cl)c([N+](=O)[O-])c1. The molecule has 0 aliphatic rings.